The zero-order valence-electron chi connectivity index (χ0n) is 10.9. The minimum absolute atomic E-state index is 0.00673. The summed E-state index contributed by atoms with van der Waals surface area (Å²) >= 11 is 1.40. The Morgan fingerprint density at radius 2 is 2.00 bits per heavy atom. The second kappa shape index (κ2) is 5.23. The largest absolute Gasteiger partial charge is 0.337 e. The minimum Gasteiger partial charge on any atom is -0.337 e. The lowest BCUT2D eigenvalue weighted by molar-refractivity contribution is 0.595. The van der Waals surface area contributed by atoms with Gasteiger partial charge in [-0.15, -0.1) is 11.3 Å². The van der Waals surface area contributed by atoms with Crippen LogP contribution in [0.3, 0.4) is 0 Å². The fraction of sp³-hybridized carbons (Fsp3) is 0.0769. The molecule has 0 radical (unpaired) electrons. The fourth-order valence-electron chi connectivity index (χ4n) is 1.88. The number of hydrogen-bond acceptors (Lipinski definition) is 6. The summed E-state index contributed by atoms with van der Waals surface area (Å²) in [5.74, 6) is 4.82. The smallest absolute Gasteiger partial charge is 0.240 e. The van der Waals surface area contributed by atoms with Crippen LogP contribution >= 0.6 is 11.3 Å². The van der Waals surface area contributed by atoms with E-state index in [2.05, 4.69) is 20.7 Å². The number of anilines is 3. The first-order valence-corrected chi connectivity index (χ1v) is 6.91. The number of aryl methyl sites for hydroxylation is 1. The number of hydrazine groups is 1. The molecule has 0 fully saturated rings. The highest BCUT2D eigenvalue weighted by Gasteiger charge is 2.12. The van der Waals surface area contributed by atoms with Crippen LogP contribution in [0, 0.1) is 18.6 Å². The van der Waals surface area contributed by atoms with E-state index in [1.165, 1.54) is 18.3 Å². The van der Waals surface area contributed by atoms with E-state index in [4.69, 9.17) is 5.84 Å². The molecule has 0 saturated carbocycles. The molecule has 8 heteroatoms. The van der Waals surface area contributed by atoms with Crippen LogP contribution < -0.4 is 16.6 Å². The average molecular weight is 307 g/mol. The molecule has 4 N–H and O–H groups in total. The van der Waals surface area contributed by atoms with E-state index in [1.807, 2.05) is 5.38 Å². The van der Waals surface area contributed by atoms with Gasteiger partial charge in [0.2, 0.25) is 5.95 Å². The average Bonchev–Trinajstić information content (AvgIpc) is 2.93. The third-order valence-corrected chi connectivity index (χ3v) is 3.76. The maximum absolute atomic E-state index is 13.9. The minimum atomic E-state index is -0.557. The number of benzene rings is 1. The van der Waals surface area contributed by atoms with Crippen molar-refractivity contribution in [2.75, 3.05) is 10.7 Å². The van der Waals surface area contributed by atoms with Crippen molar-refractivity contribution in [3.8, 4) is 0 Å². The van der Waals surface area contributed by atoms with Crippen molar-refractivity contribution in [1.82, 2.24) is 9.97 Å². The van der Waals surface area contributed by atoms with Gasteiger partial charge in [-0.05, 0) is 30.0 Å². The van der Waals surface area contributed by atoms with Gasteiger partial charge in [0.05, 0.1) is 11.1 Å². The van der Waals surface area contributed by atoms with Crippen molar-refractivity contribution in [2.45, 2.75) is 6.92 Å². The van der Waals surface area contributed by atoms with E-state index in [0.717, 1.165) is 12.1 Å². The van der Waals surface area contributed by atoms with Crippen LogP contribution in [-0.2, 0) is 0 Å². The molecule has 0 aliphatic carbocycles. The molecule has 0 amide bonds. The van der Waals surface area contributed by atoms with Gasteiger partial charge in [0.25, 0.3) is 0 Å². The third-order valence-electron chi connectivity index (χ3n) is 2.96. The number of nitrogens with one attached hydrogen (secondary N) is 2. The highest BCUT2D eigenvalue weighted by molar-refractivity contribution is 7.16. The molecule has 0 bridgehead atoms. The SMILES string of the molecule is Cc1cc(F)c(Nc2nc(NN)nc3sccc23)cc1F. The van der Waals surface area contributed by atoms with Crippen LogP contribution in [0.5, 0.6) is 0 Å². The molecule has 3 rings (SSSR count). The predicted octanol–water partition coefficient (Wildman–Crippen LogP) is 3.31. The number of fused-ring (bicyclic) bond motifs is 1. The van der Waals surface area contributed by atoms with Gasteiger partial charge >= 0.3 is 0 Å². The zero-order chi connectivity index (χ0) is 15.0. The number of nitrogens with zero attached hydrogens (tertiary/aromatic N) is 2. The molecule has 3 aromatic rings. The molecule has 0 atom stereocenters. The molecule has 0 aliphatic rings. The summed E-state index contributed by atoms with van der Waals surface area (Å²) in [7, 11) is 0. The molecule has 2 aromatic heterocycles. The van der Waals surface area contributed by atoms with Gasteiger partial charge in [-0.25, -0.2) is 19.6 Å². The standard InChI is InChI=1S/C13H11F2N5S/c1-6-4-9(15)10(5-8(6)14)17-11-7-2-3-21-12(7)19-13(18-11)20-16/h2-5H,16H2,1H3,(H2,17,18,19,20). The lowest BCUT2D eigenvalue weighted by Gasteiger charge is -2.10. The number of halogens is 2. The van der Waals surface area contributed by atoms with Crippen LogP contribution in [-0.4, -0.2) is 9.97 Å². The van der Waals surface area contributed by atoms with Crippen molar-refractivity contribution in [3.05, 3.63) is 40.8 Å². The van der Waals surface area contributed by atoms with Gasteiger partial charge in [-0.2, -0.15) is 4.98 Å². The molecule has 0 saturated heterocycles. The van der Waals surface area contributed by atoms with Crippen LogP contribution in [0.4, 0.5) is 26.2 Å². The molecule has 0 unspecified atom stereocenters. The normalized spacial score (nSPS) is 10.9. The van der Waals surface area contributed by atoms with Gasteiger partial charge in [-0.1, -0.05) is 0 Å². The Morgan fingerprint density at radius 3 is 2.76 bits per heavy atom. The highest BCUT2D eigenvalue weighted by Crippen LogP contribution is 2.30. The lowest BCUT2D eigenvalue weighted by atomic mass is 10.2. The fourth-order valence-corrected chi connectivity index (χ4v) is 2.65. The summed E-state index contributed by atoms with van der Waals surface area (Å²) in [6.45, 7) is 1.50. The van der Waals surface area contributed by atoms with Gasteiger partial charge in [0, 0.05) is 6.07 Å². The van der Waals surface area contributed by atoms with Crippen molar-refractivity contribution in [2.24, 2.45) is 5.84 Å². The summed E-state index contributed by atoms with van der Waals surface area (Å²) in [4.78, 5) is 9.00. The molecule has 0 spiro atoms. The lowest BCUT2D eigenvalue weighted by Crippen LogP contribution is -2.11. The topological polar surface area (TPSA) is 75.9 Å². The molecule has 0 aliphatic heterocycles. The van der Waals surface area contributed by atoms with Crippen LogP contribution in [0.2, 0.25) is 0 Å². The molecular formula is C13H11F2N5S. The summed E-state index contributed by atoms with van der Waals surface area (Å²) in [5.41, 5.74) is 2.59. The molecular weight excluding hydrogens is 296 g/mol. The molecule has 21 heavy (non-hydrogen) atoms. The Kier molecular flexibility index (Phi) is 3.40. The maximum Gasteiger partial charge on any atom is 0.240 e. The zero-order valence-corrected chi connectivity index (χ0v) is 11.8. The van der Waals surface area contributed by atoms with E-state index < -0.39 is 11.6 Å². The van der Waals surface area contributed by atoms with Gasteiger partial charge in [0.15, 0.2) is 0 Å². The van der Waals surface area contributed by atoms with Crippen molar-refractivity contribution >= 4 is 39.0 Å². The third kappa shape index (κ3) is 2.50. The van der Waals surface area contributed by atoms with E-state index in [1.54, 1.807) is 6.07 Å². The van der Waals surface area contributed by atoms with Gasteiger partial charge in [-0.3, -0.25) is 5.43 Å². The van der Waals surface area contributed by atoms with E-state index in [-0.39, 0.29) is 17.2 Å². The Morgan fingerprint density at radius 1 is 1.19 bits per heavy atom. The van der Waals surface area contributed by atoms with Crippen LogP contribution in [0.1, 0.15) is 5.56 Å². The van der Waals surface area contributed by atoms with E-state index in [0.29, 0.717) is 16.0 Å². The number of thiophene rings is 1. The Hall–Kier alpha value is -2.32. The summed E-state index contributed by atoms with van der Waals surface area (Å²) in [6.07, 6.45) is 0. The van der Waals surface area contributed by atoms with Crippen molar-refractivity contribution < 1.29 is 8.78 Å². The van der Waals surface area contributed by atoms with Crippen LogP contribution in [0.15, 0.2) is 23.6 Å². The first-order chi connectivity index (χ1) is 10.1. The van der Waals surface area contributed by atoms with Crippen molar-refractivity contribution in [3.63, 3.8) is 0 Å². The molecule has 108 valence electrons. The highest BCUT2D eigenvalue weighted by atomic mass is 32.1. The number of nitrogens with two attached hydrogens (primary N) is 1. The Balaban J connectivity index is 2.09. The summed E-state index contributed by atoms with van der Waals surface area (Å²) in [6, 6.07) is 4.03. The van der Waals surface area contributed by atoms with E-state index in [9.17, 15) is 8.78 Å². The molecule has 5 nitrogen and oxygen atoms in total. The number of aromatic nitrogens is 2. The quantitative estimate of drug-likeness (QED) is 0.511. The maximum atomic E-state index is 13.9. The monoisotopic (exact) mass is 307 g/mol. The predicted molar refractivity (Wildman–Crippen MR) is 79.6 cm³/mol. The van der Waals surface area contributed by atoms with Gasteiger partial charge in [0.1, 0.15) is 22.3 Å². The van der Waals surface area contributed by atoms with Crippen molar-refractivity contribution in [1.29, 1.82) is 0 Å². The van der Waals surface area contributed by atoms with Crippen LogP contribution in [0.25, 0.3) is 10.2 Å². The molecule has 1 aromatic carbocycles. The van der Waals surface area contributed by atoms with Gasteiger partial charge < -0.3 is 5.32 Å². The summed E-state index contributed by atoms with van der Waals surface area (Å²) < 4.78 is 27.5. The molecule has 2 heterocycles. The number of nitrogen functional groups attached to an aromatic ring is 1. The Bertz CT molecular complexity index is 818. The number of hydrogen-bond donors (Lipinski definition) is 3. The second-order valence-corrected chi connectivity index (χ2v) is 5.28. The Labute approximate surface area is 122 Å². The number of rotatable bonds is 3. The first kappa shape index (κ1) is 13.7. The summed E-state index contributed by atoms with van der Waals surface area (Å²) in [5, 5.41) is 5.33. The van der Waals surface area contributed by atoms with E-state index >= 15 is 0 Å². The first-order valence-electron chi connectivity index (χ1n) is 6.03. The second-order valence-electron chi connectivity index (χ2n) is 4.39.